The molecule has 0 bridgehead atoms. The van der Waals surface area contributed by atoms with Crippen molar-refractivity contribution in [2.45, 2.75) is 16.7 Å². The molecule has 13 nitrogen and oxygen atoms in total. The first-order chi connectivity index (χ1) is 20.3. The van der Waals surface area contributed by atoms with Crippen LogP contribution in [-0.4, -0.2) is 37.0 Å². The second-order valence-corrected chi connectivity index (χ2v) is 11.7. The Bertz CT molecular complexity index is 2220. The first-order valence-electron chi connectivity index (χ1n) is 12.1. The Labute approximate surface area is 358 Å². The maximum atomic E-state index is 11.8. The number of phenols is 1. The van der Waals surface area contributed by atoms with Gasteiger partial charge in [0.2, 0.25) is 5.91 Å². The summed E-state index contributed by atoms with van der Waals surface area (Å²) in [6, 6.07) is 21.9. The van der Waals surface area contributed by atoms with Crippen LogP contribution in [0.4, 0.5) is 28.4 Å². The number of rotatable bonds is 7. The quantitative estimate of drug-likeness (QED) is 0.0718. The molecule has 1 amide bonds. The number of phenolic OH excluding ortho intramolecular Hbond substituents is 1. The predicted octanol–water partition coefficient (Wildman–Crippen LogP) is -6.09. The van der Waals surface area contributed by atoms with Gasteiger partial charge in [0.1, 0.15) is 20.2 Å². The van der Waals surface area contributed by atoms with Gasteiger partial charge in [-0.05, 0) is 36.0 Å². The second-order valence-electron chi connectivity index (χ2n) is 8.94. The zero-order valence-electron chi connectivity index (χ0n) is 25.8. The van der Waals surface area contributed by atoms with Crippen LogP contribution in [0.5, 0.6) is 5.75 Å². The average molecular weight is 708 g/mol. The van der Waals surface area contributed by atoms with Gasteiger partial charge in [-0.15, -0.1) is 17.5 Å². The van der Waals surface area contributed by atoms with E-state index in [4.69, 9.17) is 0 Å². The minimum absolute atomic E-state index is 0. The Morgan fingerprint density at radius 3 is 1.98 bits per heavy atom. The summed E-state index contributed by atoms with van der Waals surface area (Å²) in [7, 11) is -9.81. The normalized spacial score (nSPS) is 11.4. The van der Waals surface area contributed by atoms with E-state index in [2.05, 4.69) is 37.9 Å². The van der Waals surface area contributed by atoms with Gasteiger partial charge in [0.05, 0.1) is 16.3 Å². The molecule has 0 aliphatic carbocycles. The molecule has 0 heterocycles. The van der Waals surface area contributed by atoms with Crippen LogP contribution in [0.25, 0.3) is 21.5 Å². The molecule has 2 N–H and O–H groups in total. The monoisotopic (exact) mass is 707 g/mol. The smallest absolute Gasteiger partial charge is 0.745 e. The number of azo groups is 2. The van der Waals surface area contributed by atoms with Crippen molar-refractivity contribution in [3.8, 4) is 5.75 Å². The van der Waals surface area contributed by atoms with Gasteiger partial charge in [0, 0.05) is 39.7 Å². The summed E-state index contributed by atoms with van der Waals surface area (Å²) < 4.78 is 70.7. The Hall–Kier alpha value is -1.09. The predicted molar refractivity (Wildman–Crippen MR) is 152 cm³/mol. The number of nitrogens with one attached hydrogen (secondary N) is 1. The first kappa shape index (κ1) is 43.9. The third kappa shape index (κ3) is 10.5. The summed E-state index contributed by atoms with van der Waals surface area (Å²) in [6.07, 6.45) is 0. The molecule has 47 heavy (non-hydrogen) atoms. The molecule has 0 radical (unpaired) electrons. The van der Waals surface area contributed by atoms with Crippen LogP contribution in [0.3, 0.4) is 0 Å². The standard InChI is InChI=1S/C28H19N5O8S2.4Na/c1-16(34)29-24-13-14-26(43(39,40)41)20-9-10-25(28(35)27(20)24)33-32-23-12-11-22(31-30-17-5-3-2-4-6-17)19-8-7-18(15-21(19)23)42(36,37)38;;;;/h3-9,11-15,35H,1H3,(H,29,34)(H,36,37,38)(H,39,40,41);;;;/q-2;4*+1/p-2. The van der Waals surface area contributed by atoms with Crippen LogP contribution in [0, 0.1) is 12.1 Å². The van der Waals surface area contributed by atoms with E-state index in [9.17, 15) is 35.8 Å². The van der Waals surface area contributed by atoms with Crippen molar-refractivity contribution >= 4 is 76.1 Å². The molecule has 0 fully saturated rings. The summed E-state index contributed by atoms with van der Waals surface area (Å²) in [5, 5.41) is 30.1. The third-order valence-electron chi connectivity index (χ3n) is 6.06. The van der Waals surface area contributed by atoms with E-state index < -0.39 is 41.7 Å². The van der Waals surface area contributed by atoms with Crippen LogP contribution in [-0.2, 0) is 25.0 Å². The van der Waals surface area contributed by atoms with Crippen molar-refractivity contribution in [3.05, 3.63) is 84.9 Å². The molecule has 218 valence electrons. The van der Waals surface area contributed by atoms with Gasteiger partial charge in [-0.2, -0.15) is 50.8 Å². The molecule has 0 spiro atoms. The maximum absolute atomic E-state index is 11.8. The van der Waals surface area contributed by atoms with Crippen LogP contribution >= 0.6 is 0 Å². The second kappa shape index (κ2) is 18.2. The number of hydrogen-bond acceptors (Lipinski definition) is 12. The van der Waals surface area contributed by atoms with E-state index in [1.165, 1.54) is 25.1 Å². The van der Waals surface area contributed by atoms with Crippen molar-refractivity contribution in [2.24, 2.45) is 20.5 Å². The minimum Gasteiger partial charge on any atom is -0.745 e. The molecule has 0 saturated heterocycles. The van der Waals surface area contributed by atoms with Crippen LogP contribution in [0.1, 0.15) is 6.92 Å². The molecule has 5 aromatic carbocycles. The number of anilines is 1. The van der Waals surface area contributed by atoms with E-state index in [0.717, 1.165) is 30.3 Å². The molecule has 5 rings (SSSR count). The van der Waals surface area contributed by atoms with E-state index in [-0.39, 0.29) is 151 Å². The van der Waals surface area contributed by atoms with Crippen LogP contribution < -0.4 is 124 Å². The summed E-state index contributed by atoms with van der Waals surface area (Å²) in [5.74, 6) is -1.18. The minimum atomic E-state index is -4.97. The summed E-state index contributed by atoms with van der Waals surface area (Å²) in [6.45, 7) is 1.19. The molecule has 0 saturated carbocycles. The largest absolute Gasteiger partial charge is 1.00 e. The zero-order valence-corrected chi connectivity index (χ0v) is 35.5. The molecule has 0 atom stereocenters. The number of carbonyl (C=O) groups is 1. The summed E-state index contributed by atoms with van der Waals surface area (Å²) >= 11 is 0. The first-order valence-corrected chi connectivity index (χ1v) is 14.9. The molecule has 0 aromatic heterocycles. The van der Waals surface area contributed by atoms with Gasteiger partial charge in [-0.25, -0.2) is 16.8 Å². The molecule has 0 aliphatic heterocycles. The SMILES string of the molecule is CC(=O)Nc1ccc(S(=O)(=O)[O-])c2c[c-]c(N=Nc3ccc(N=Nc4cc[c-]cc4)c4ccc(S(=O)(=O)[O-])cc34)c(O)c12.[Na+].[Na+].[Na+].[Na+]. The fraction of sp³-hybridized carbons (Fsp3) is 0.0357. The Morgan fingerprint density at radius 2 is 1.38 bits per heavy atom. The summed E-state index contributed by atoms with van der Waals surface area (Å²) in [5.41, 5.74) is 0.621. The number of aromatic hydroxyl groups is 1. The third-order valence-corrected chi connectivity index (χ3v) is 7.79. The van der Waals surface area contributed by atoms with E-state index in [1.807, 2.05) is 0 Å². The Kier molecular flexibility index (Phi) is 17.0. The van der Waals surface area contributed by atoms with Gasteiger partial charge in [-0.3, -0.25) is 4.79 Å². The Morgan fingerprint density at radius 1 is 0.766 bits per heavy atom. The van der Waals surface area contributed by atoms with Crippen molar-refractivity contribution in [3.63, 3.8) is 0 Å². The van der Waals surface area contributed by atoms with Crippen molar-refractivity contribution in [1.29, 1.82) is 0 Å². The number of hydrogen-bond donors (Lipinski definition) is 2. The fourth-order valence-electron chi connectivity index (χ4n) is 4.20. The summed E-state index contributed by atoms with van der Waals surface area (Å²) in [4.78, 5) is 10.5. The van der Waals surface area contributed by atoms with E-state index in [1.54, 1.807) is 24.3 Å². The molecular weight excluding hydrogens is 690 g/mol. The van der Waals surface area contributed by atoms with E-state index in [0.29, 0.717) is 16.8 Å². The number of nitrogens with zero attached hydrogens (tertiary/aromatic N) is 4. The van der Waals surface area contributed by atoms with Gasteiger partial charge in [0.25, 0.3) is 0 Å². The van der Waals surface area contributed by atoms with Crippen molar-refractivity contribution in [2.75, 3.05) is 5.32 Å². The Balaban J connectivity index is 0.00000276. The average Bonchev–Trinajstić information content (AvgIpc) is 2.95. The van der Waals surface area contributed by atoms with Crippen LogP contribution in [0.15, 0.2) is 103 Å². The zero-order chi connectivity index (χ0) is 30.9. The number of fused-ring (bicyclic) bond motifs is 2. The molecule has 0 aliphatic rings. The molecule has 19 heteroatoms. The molecular formula is C28H17N5Na4O8S2. The van der Waals surface area contributed by atoms with Gasteiger partial charge in [0.15, 0.2) is 0 Å². The van der Waals surface area contributed by atoms with Gasteiger partial charge >= 0.3 is 118 Å². The topological polar surface area (TPSA) is 213 Å². The van der Waals surface area contributed by atoms with Crippen LogP contribution in [0.2, 0.25) is 0 Å². The number of amides is 1. The molecule has 0 unspecified atom stereocenters. The van der Waals surface area contributed by atoms with Gasteiger partial charge < -0.3 is 19.5 Å². The molecule has 5 aromatic rings. The van der Waals surface area contributed by atoms with Gasteiger partial charge in [-0.1, -0.05) is 17.5 Å². The van der Waals surface area contributed by atoms with Crippen molar-refractivity contribution < 1.29 is 154 Å². The fourth-order valence-corrected chi connectivity index (χ4v) is 5.36. The number of benzene rings is 5. The van der Waals surface area contributed by atoms with E-state index >= 15 is 0 Å². The van der Waals surface area contributed by atoms with Crippen molar-refractivity contribution in [1.82, 2.24) is 0 Å². The maximum Gasteiger partial charge on any atom is 1.00 e. The number of carbonyl (C=O) groups excluding carboxylic acids is 1.